The number of carboxylic acid groups (broad SMARTS) is 1. The molecule has 3 heterocycles. The molecule has 2 fully saturated rings. The third-order valence-electron chi connectivity index (χ3n) is 5.72. The molecule has 184 valence electrons. The van der Waals surface area contributed by atoms with Crippen molar-refractivity contribution in [2.45, 2.75) is 18.1 Å². The summed E-state index contributed by atoms with van der Waals surface area (Å²) >= 11 is 1.53. The average molecular weight is 505 g/mol. The second-order valence-electron chi connectivity index (χ2n) is 7.98. The van der Waals surface area contributed by atoms with Gasteiger partial charge in [0.05, 0.1) is 17.8 Å². The van der Waals surface area contributed by atoms with Crippen LogP contribution in [0.25, 0.3) is 0 Å². The lowest BCUT2D eigenvalue weighted by Crippen LogP contribution is -2.64. The van der Waals surface area contributed by atoms with Gasteiger partial charge in [-0.3, -0.25) is 14.5 Å². The Hall–Kier alpha value is -3.06. The Morgan fingerprint density at radius 2 is 1.74 bits per heavy atom. The highest BCUT2D eigenvalue weighted by Gasteiger charge is 2.48. The van der Waals surface area contributed by atoms with Gasteiger partial charge in [-0.15, -0.1) is 0 Å². The zero-order valence-corrected chi connectivity index (χ0v) is 18.6. The molecule has 0 bridgehead atoms. The highest BCUT2D eigenvalue weighted by molar-refractivity contribution is 7.08. The Kier molecular flexibility index (Phi) is 7.26. The molecule has 7 nitrogen and oxygen atoms in total. The standard InChI is InChI=1S/C19H19F2N3O2S.C2HF3O2/c1-22-9-17(25)24(16-2-5-27-10-16)12-19(22)3-4-23(11-19)18(26)13-6-14(20)8-15(21)7-13;3-2(4,5)1(6)7/h2,5-8,10H,3-4,9,11-12H2,1H3;(H,6,7). The predicted molar refractivity (Wildman–Crippen MR) is 113 cm³/mol. The molecular formula is C21H20F5N3O4S. The molecule has 13 heteroatoms. The summed E-state index contributed by atoms with van der Waals surface area (Å²) in [7, 11) is 1.89. The molecule has 2 aromatic rings. The van der Waals surface area contributed by atoms with E-state index in [9.17, 15) is 31.5 Å². The first-order chi connectivity index (χ1) is 15.8. The van der Waals surface area contributed by atoms with Crippen LogP contribution in [0.2, 0.25) is 0 Å². The number of carbonyl (C=O) groups is 3. The van der Waals surface area contributed by atoms with Gasteiger partial charge < -0.3 is 14.9 Å². The number of carboxylic acids is 1. The van der Waals surface area contributed by atoms with E-state index in [0.29, 0.717) is 26.1 Å². The highest BCUT2D eigenvalue weighted by atomic mass is 32.1. The van der Waals surface area contributed by atoms with Crippen molar-refractivity contribution in [3.8, 4) is 0 Å². The molecule has 0 aliphatic carbocycles. The molecule has 1 aromatic carbocycles. The molecule has 2 aliphatic heterocycles. The zero-order chi connectivity index (χ0) is 25.3. The van der Waals surface area contributed by atoms with Crippen molar-refractivity contribution in [2.24, 2.45) is 0 Å². The van der Waals surface area contributed by atoms with Crippen molar-refractivity contribution in [3.63, 3.8) is 0 Å². The fraction of sp³-hybridized carbons (Fsp3) is 0.381. The third-order valence-corrected chi connectivity index (χ3v) is 6.40. The third kappa shape index (κ3) is 5.53. The van der Waals surface area contributed by atoms with Crippen molar-refractivity contribution >= 4 is 34.8 Å². The number of hydrogen-bond donors (Lipinski definition) is 1. The topological polar surface area (TPSA) is 81.2 Å². The van der Waals surface area contributed by atoms with Gasteiger partial charge in [0.1, 0.15) is 11.6 Å². The lowest BCUT2D eigenvalue weighted by Gasteiger charge is -2.46. The van der Waals surface area contributed by atoms with Gasteiger partial charge in [-0.2, -0.15) is 24.5 Å². The first kappa shape index (κ1) is 25.6. The number of carbonyl (C=O) groups excluding carboxylic acids is 2. The average Bonchev–Trinajstić information content (AvgIpc) is 3.40. The lowest BCUT2D eigenvalue weighted by molar-refractivity contribution is -0.192. The van der Waals surface area contributed by atoms with Crippen LogP contribution in [0.4, 0.5) is 27.6 Å². The number of anilines is 1. The van der Waals surface area contributed by atoms with E-state index in [1.54, 1.807) is 9.80 Å². The van der Waals surface area contributed by atoms with Crippen molar-refractivity contribution in [1.82, 2.24) is 9.80 Å². The number of thiophene rings is 1. The largest absolute Gasteiger partial charge is 0.490 e. The van der Waals surface area contributed by atoms with Crippen LogP contribution in [-0.2, 0) is 9.59 Å². The van der Waals surface area contributed by atoms with E-state index in [0.717, 1.165) is 23.9 Å². The van der Waals surface area contributed by atoms with Crippen molar-refractivity contribution in [3.05, 3.63) is 52.2 Å². The monoisotopic (exact) mass is 505 g/mol. The van der Waals surface area contributed by atoms with Crippen LogP contribution in [0.15, 0.2) is 35.0 Å². The number of alkyl halides is 3. The second-order valence-corrected chi connectivity index (χ2v) is 8.76. The van der Waals surface area contributed by atoms with Crippen LogP contribution in [-0.4, -0.2) is 77.6 Å². The molecule has 0 saturated carbocycles. The first-order valence-corrected chi connectivity index (χ1v) is 10.9. The lowest BCUT2D eigenvalue weighted by atomic mass is 9.93. The minimum atomic E-state index is -5.08. The van der Waals surface area contributed by atoms with Gasteiger partial charge in [0.2, 0.25) is 5.91 Å². The molecule has 4 rings (SSSR count). The number of piperazine rings is 1. The maximum absolute atomic E-state index is 13.5. The molecule has 1 spiro atoms. The van der Waals surface area contributed by atoms with E-state index in [1.807, 2.05) is 28.8 Å². The van der Waals surface area contributed by atoms with Gasteiger partial charge in [0, 0.05) is 36.6 Å². The summed E-state index contributed by atoms with van der Waals surface area (Å²) in [5.74, 6) is -4.66. The molecule has 1 unspecified atom stereocenters. The minimum absolute atomic E-state index is 0.00813. The summed E-state index contributed by atoms with van der Waals surface area (Å²) < 4.78 is 58.7. The van der Waals surface area contributed by atoms with E-state index in [4.69, 9.17) is 9.90 Å². The summed E-state index contributed by atoms with van der Waals surface area (Å²) in [5, 5.41) is 11.0. The van der Waals surface area contributed by atoms with Gasteiger partial charge in [0.25, 0.3) is 5.91 Å². The Morgan fingerprint density at radius 3 is 2.26 bits per heavy atom. The van der Waals surface area contributed by atoms with Gasteiger partial charge in [-0.1, -0.05) is 0 Å². The van der Waals surface area contributed by atoms with Crippen LogP contribution >= 0.6 is 11.3 Å². The van der Waals surface area contributed by atoms with Crippen LogP contribution < -0.4 is 4.90 Å². The Balaban J connectivity index is 0.000000406. The number of likely N-dealkylation sites (tertiary alicyclic amines) is 1. The fourth-order valence-corrected chi connectivity index (χ4v) is 4.58. The van der Waals surface area contributed by atoms with Gasteiger partial charge >= 0.3 is 12.1 Å². The van der Waals surface area contributed by atoms with E-state index < -0.39 is 29.7 Å². The normalized spacial score (nSPS) is 20.9. The Morgan fingerprint density at radius 1 is 1.12 bits per heavy atom. The van der Waals surface area contributed by atoms with Crippen LogP contribution in [0, 0.1) is 11.6 Å². The number of halogens is 5. The van der Waals surface area contributed by atoms with E-state index in [1.165, 1.54) is 11.3 Å². The number of amides is 2. The molecule has 1 atom stereocenters. The van der Waals surface area contributed by atoms with Gasteiger partial charge in [0.15, 0.2) is 0 Å². The molecule has 2 amide bonds. The zero-order valence-electron chi connectivity index (χ0n) is 17.8. The van der Waals surface area contributed by atoms with Crippen molar-refractivity contribution < 1.29 is 41.4 Å². The summed E-state index contributed by atoms with van der Waals surface area (Å²) in [4.78, 5) is 39.5. The molecule has 34 heavy (non-hydrogen) atoms. The van der Waals surface area contributed by atoms with Crippen molar-refractivity contribution in [1.29, 1.82) is 0 Å². The fourth-order valence-electron chi connectivity index (χ4n) is 3.94. The molecule has 1 aromatic heterocycles. The number of aliphatic carboxylic acids is 1. The summed E-state index contributed by atoms with van der Waals surface area (Å²) in [6.45, 7) is 1.65. The molecule has 2 aliphatic rings. The molecular weight excluding hydrogens is 485 g/mol. The number of benzene rings is 1. The number of rotatable bonds is 2. The highest BCUT2D eigenvalue weighted by Crippen LogP contribution is 2.34. The number of hydrogen-bond acceptors (Lipinski definition) is 5. The number of likely N-dealkylation sites (N-methyl/N-ethyl adjacent to an activating group) is 1. The Bertz CT molecular complexity index is 1060. The maximum Gasteiger partial charge on any atom is 0.490 e. The summed E-state index contributed by atoms with van der Waals surface area (Å²) in [6.07, 6.45) is -4.39. The SMILES string of the molecule is CN1CC(=O)N(c2ccsc2)CC12CCN(C(=O)c1cc(F)cc(F)c1)C2.O=C(O)C(F)(F)F. The molecule has 0 radical (unpaired) electrons. The van der Waals surface area contributed by atoms with Crippen molar-refractivity contribution in [2.75, 3.05) is 38.1 Å². The van der Waals surface area contributed by atoms with Gasteiger partial charge in [-0.05, 0) is 37.0 Å². The predicted octanol–water partition coefficient (Wildman–Crippen LogP) is 3.22. The summed E-state index contributed by atoms with van der Waals surface area (Å²) in [5.41, 5.74) is 0.514. The number of nitrogens with zero attached hydrogens (tertiary/aromatic N) is 3. The van der Waals surface area contributed by atoms with Crippen LogP contribution in [0.5, 0.6) is 0 Å². The second kappa shape index (κ2) is 9.66. The Labute approximate surface area is 195 Å². The quantitative estimate of drug-likeness (QED) is 0.634. The van der Waals surface area contributed by atoms with Crippen LogP contribution in [0.1, 0.15) is 16.8 Å². The van der Waals surface area contributed by atoms with E-state index in [-0.39, 0.29) is 23.6 Å². The minimum Gasteiger partial charge on any atom is -0.475 e. The van der Waals surface area contributed by atoms with Gasteiger partial charge in [-0.25, -0.2) is 13.6 Å². The van der Waals surface area contributed by atoms with E-state index >= 15 is 0 Å². The van der Waals surface area contributed by atoms with Crippen LogP contribution in [0.3, 0.4) is 0 Å². The smallest absolute Gasteiger partial charge is 0.475 e. The first-order valence-electron chi connectivity index (χ1n) is 9.92. The van der Waals surface area contributed by atoms with E-state index in [2.05, 4.69) is 0 Å². The summed E-state index contributed by atoms with van der Waals surface area (Å²) in [6, 6.07) is 4.78. The molecule has 2 saturated heterocycles. The maximum atomic E-state index is 13.5. The molecule has 1 N–H and O–H groups in total.